The number of rotatable bonds is 3. The number of nitrogen functional groups attached to an aromatic ring is 1. The van der Waals surface area contributed by atoms with Crippen molar-refractivity contribution in [2.75, 3.05) is 11.1 Å². The highest BCUT2D eigenvalue weighted by atomic mass is 16.5. The van der Waals surface area contributed by atoms with Gasteiger partial charge in [-0.2, -0.15) is 0 Å². The molecule has 0 saturated carbocycles. The Morgan fingerprint density at radius 3 is 3.00 bits per heavy atom. The lowest BCUT2D eigenvalue weighted by Gasteiger charge is -2.11. The molecule has 0 aliphatic carbocycles. The van der Waals surface area contributed by atoms with Gasteiger partial charge in [0.05, 0.1) is 12.1 Å². The Bertz CT molecular complexity index is 508. The standard InChI is InChI=1S/C12H13N3O2/c1-8(9-3-2-4-10(13)5-9)12(16)15-11-6-14-17-7-11/h2-8H,13H2,1H3,(H,15,16). The monoisotopic (exact) mass is 231 g/mol. The highest BCUT2D eigenvalue weighted by molar-refractivity contribution is 5.95. The van der Waals surface area contributed by atoms with Gasteiger partial charge in [0.25, 0.3) is 0 Å². The molecule has 2 rings (SSSR count). The Morgan fingerprint density at radius 1 is 1.53 bits per heavy atom. The van der Waals surface area contributed by atoms with Gasteiger partial charge in [-0.25, -0.2) is 0 Å². The summed E-state index contributed by atoms with van der Waals surface area (Å²) in [5.41, 5.74) is 7.74. The van der Waals surface area contributed by atoms with Crippen LogP contribution >= 0.6 is 0 Å². The largest absolute Gasteiger partial charge is 0.399 e. The summed E-state index contributed by atoms with van der Waals surface area (Å²) in [5.74, 6) is -0.410. The minimum absolute atomic E-state index is 0.126. The Labute approximate surface area is 98.6 Å². The van der Waals surface area contributed by atoms with Gasteiger partial charge in [-0.15, -0.1) is 0 Å². The lowest BCUT2D eigenvalue weighted by Crippen LogP contribution is -2.18. The normalized spacial score (nSPS) is 12.1. The second-order valence-corrected chi connectivity index (χ2v) is 3.79. The van der Waals surface area contributed by atoms with Crippen LogP contribution in [0.2, 0.25) is 0 Å². The van der Waals surface area contributed by atoms with Crippen molar-refractivity contribution in [1.82, 2.24) is 5.16 Å². The van der Waals surface area contributed by atoms with Crippen LogP contribution in [0.3, 0.4) is 0 Å². The second kappa shape index (κ2) is 4.69. The first-order valence-corrected chi connectivity index (χ1v) is 5.22. The molecule has 5 nitrogen and oxygen atoms in total. The maximum Gasteiger partial charge on any atom is 0.231 e. The van der Waals surface area contributed by atoms with Crippen LogP contribution in [0, 0.1) is 0 Å². The second-order valence-electron chi connectivity index (χ2n) is 3.79. The molecule has 1 amide bonds. The van der Waals surface area contributed by atoms with Crippen LogP contribution in [-0.4, -0.2) is 11.1 Å². The van der Waals surface area contributed by atoms with E-state index in [1.54, 1.807) is 12.1 Å². The van der Waals surface area contributed by atoms with Gasteiger partial charge in [-0.3, -0.25) is 4.79 Å². The molecular formula is C12H13N3O2. The van der Waals surface area contributed by atoms with Gasteiger partial charge in [-0.1, -0.05) is 17.3 Å². The fraction of sp³-hybridized carbons (Fsp3) is 0.167. The van der Waals surface area contributed by atoms with Gasteiger partial charge in [0.2, 0.25) is 5.91 Å². The first-order valence-electron chi connectivity index (χ1n) is 5.22. The molecule has 0 fully saturated rings. The van der Waals surface area contributed by atoms with Crippen LogP contribution in [0.1, 0.15) is 18.4 Å². The van der Waals surface area contributed by atoms with E-state index in [1.807, 2.05) is 19.1 Å². The number of carbonyl (C=O) groups excluding carboxylic acids is 1. The summed E-state index contributed by atoms with van der Waals surface area (Å²) in [6.45, 7) is 1.82. The molecule has 0 aliphatic heterocycles. The Hall–Kier alpha value is -2.30. The van der Waals surface area contributed by atoms with Crippen LogP contribution in [0.5, 0.6) is 0 Å². The molecule has 0 bridgehead atoms. The zero-order valence-corrected chi connectivity index (χ0v) is 9.38. The molecule has 1 aromatic carbocycles. The third-order valence-corrected chi connectivity index (χ3v) is 2.50. The summed E-state index contributed by atoms with van der Waals surface area (Å²) in [6.07, 6.45) is 2.83. The fourth-order valence-corrected chi connectivity index (χ4v) is 1.50. The molecule has 3 N–H and O–H groups in total. The molecule has 2 aromatic rings. The predicted molar refractivity (Wildman–Crippen MR) is 64.4 cm³/mol. The number of benzene rings is 1. The van der Waals surface area contributed by atoms with E-state index in [9.17, 15) is 4.79 Å². The number of hydrogen-bond acceptors (Lipinski definition) is 4. The van der Waals surface area contributed by atoms with Crippen LogP contribution < -0.4 is 11.1 Å². The van der Waals surface area contributed by atoms with E-state index in [-0.39, 0.29) is 11.8 Å². The molecule has 0 radical (unpaired) electrons. The lowest BCUT2D eigenvalue weighted by molar-refractivity contribution is -0.117. The number of nitrogens with zero attached hydrogens (tertiary/aromatic N) is 1. The van der Waals surface area contributed by atoms with Gasteiger partial charge in [0, 0.05) is 5.69 Å². The summed E-state index contributed by atoms with van der Waals surface area (Å²) in [6, 6.07) is 7.27. The van der Waals surface area contributed by atoms with E-state index in [4.69, 9.17) is 5.73 Å². The van der Waals surface area contributed by atoms with Crippen molar-refractivity contribution in [3.63, 3.8) is 0 Å². The molecule has 88 valence electrons. The van der Waals surface area contributed by atoms with E-state index in [0.29, 0.717) is 11.4 Å². The van der Waals surface area contributed by atoms with Crippen LogP contribution in [0.4, 0.5) is 11.4 Å². The zero-order chi connectivity index (χ0) is 12.3. The first kappa shape index (κ1) is 11.2. The third-order valence-electron chi connectivity index (χ3n) is 2.50. The minimum Gasteiger partial charge on any atom is -0.399 e. The molecule has 5 heteroatoms. The van der Waals surface area contributed by atoms with Crippen molar-refractivity contribution in [1.29, 1.82) is 0 Å². The van der Waals surface area contributed by atoms with E-state index >= 15 is 0 Å². The number of nitrogens with one attached hydrogen (secondary N) is 1. The van der Waals surface area contributed by atoms with E-state index in [0.717, 1.165) is 5.56 Å². The van der Waals surface area contributed by atoms with E-state index in [1.165, 1.54) is 12.5 Å². The SMILES string of the molecule is CC(C(=O)Nc1cnoc1)c1cccc(N)c1. The van der Waals surface area contributed by atoms with E-state index < -0.39 is 0 Å². The number of amides is 1. The molecule has 1 atom stereocenters. The predicted octanol–water partition coefficient (Wildman–Crippen LogP) is 2.00. The molecule has 17 heavy (non-hydrogen) atoms. The van der Waals surface area contributed by atoms with Crippen molar-refractivity contribution in [3.8, 4) is 0 Å². The molecule has 0 saturated heterocycles. The van der Waals surface area contributed by atoms with Gasteiger partial charge < -0.3 is 15.6 Å². The van der Waals surface area contributed by atoms with Crippen molar-refractivity contribution < 1.29 is 9.32 Å². The number of nitrogens with two attached hydrogens (primary N) is 1. The van der Waals surface area contributed by atoms with Crippen LogP contribution in [0.25, 0.3) is 0 Å². The van der Waals surface area contributed by atoms with Crippen LogP contribution in [-0.2, 0) is 4.79 Å². The number of carbonyl (C=O) groups is 1. The molecule has 1 aromatic heterocycles. The molecule has 0 spiro atoms. The average molecular weight is 231 g/mol. The lowest BCUT2D eigenvalue weighted by atomic mass is 10.00. The number of hydrogen-bond donors (Lipinski definition) is 2. The Balaban J connectivity index is 2.09. The van der Waals surface area contributed by atoms with Crippen molar-refractivity contribution in [3.05, 3.63) is 42.3 Å². The Morgan fingerprint density at radius 2 is 2.35 bits per heavy atom. The first-order chi connectivity index (χ1) is 8.16. The van der Waals surface area contributed by atoms with Crippen LogP contribution in [0.15, 0.2) is 41.2 Å². The summed E-state index contributed by atoms with van der Waals surface area (Å²) < 4.78 is 4.64. The van der Waals surface area contributed by atoms with Crippen molar-refractivity contribution in [2.24, 2.45) is 0 Å². The summed E-state index contributed by atoms with van der Waals surface area (Å²) in [4.78, 5) is 11.9. The summed E-state index contributed by atoms with van der Waals surface area (Å²) in [5, 5.41) is 6.22. The maximum absolute atomic E-state index is 11.9. The van der Waals surface area contributed by atoms with Crippen molar-refractivity contribution >= 4 is 17.3 Å². The molecule has 1 heterocycles. The molecule has 1 unspecified atom stereocenters. The maximum atomic E-state index is 11.9. The van der Waals surface area contributed by atoms with Crippen molar-refractivity contribution in [2.45, 2.75) is 12.8 Å². The minimum atomic E-state index is -0.284. The average Bonchev–Trinajstić information content (AvgIpc) is 2.80. The zero-order valence-electron chi connectivity index (χ0n) is 9.38. The Kier molecular flexibility index (Phi) is 3.09. The highest BCUT2D eigenvalue weighted by Gasteiger charge is 2.15. The third kappa shape index (κ3) is 2.63. The smallest absolute Gasteiger partial charge is 0.231 e. The number of aromatic nitrogens is 1. The molecule has 0 aliphatic rings. The van der Waals surface area contributed by atoms with Gasteiger partial charge >= 0.3 is 0 Å². The van der Waals surface area contributed by atoms with Gasteiger partial charge in [0.15, 0.2) is 0 Å². The quantitative estimate of drug-likeness (QED) is 0.791. The topological polar surface area (TPSA) is 81.2 Å². The van der Waals surface area contributed by atoms with Gasteiger partial charge in [0.1, 0.15) is 12.0 Å². The summed E-state index contributed by atoms with van der Waals surface area (Å²) >= 11 is 0. The fourth-order valence-electron chi connectivity index (χ4n) is 1.50. The van der Waals surface area contributed by atoms with Gasteiger partial charge in [-0.05, 0) is 24.6 Å². The highest BCUT2D eigenvalue weighted by Crippen LogP contribution is 2.19. The van der Waals surface area contributed by atoms with E-state index in [2.05, 4.69) is 15.0 Å². The molecular weight excluding hydrogens is 218 g/mol. The number of anilines is 2. The summed E-state index contributed by atoms with van der Waals surface area (Å²) in [7, 11) is 0.